The monoisotopic (exact) mass is 784 g/mol. The smallest absolute Gasteiger partial charge is 0.143 e. The maximum atomic E-state index is 6.73. The van der Waals surface area contributed by atoms with Crippen LogP contribution in [0.1, 0.15) is 49.9 Å². The molecule has 1 aliphatic heterocycles. The van der Waals surface area contributed by atoms with E-state index >= 15 is 0 Å². The van der Waals surface area contributed by atoms with E-state index in [1.54, 1.807) is 0 Å². The molecule has 0 saturated carbocycles. The van der Waals surface area contributed by atoms with Crippen LogP contribution in [0.3, 0.4) is 0 Å². The summed E-state index contributed by atoms with van der Waals surface area (Å²) in [7, 11) is 0. The molecule has 10 aromatic rings. The zero-order chi connectivity index (χ0) is 41.0. The minimum atomic E-state index is -0.350. The van der Waals surface area contributed by atoms with Gasteiger partial charge in [0.15, 0.2) is 0 Å². The summed E-state index contributed by atoms with van der Waals surface area (Å²) in [6.07, 6.45) is 0. The van der Waals surface area contributed by atoms with Gasteiger partial charge in [-0.3, -0.25) is 0 Å². The van der Waals surface area contributed by atoms with Crippen LogP contribution in [0.2, 0.25) is 0 Å². The van der Waals surface area contributed by atoms with Crippen molar-refractivity contribution >= 4 is 66.8 Å². The second-order valence-electron chi connectivity index (χ2n) is 17.7. The predicted molar refractivity (Wildman–Crippen MR) is 256 cm³/mol. The first-order valence-electron chi connectivity index (χ1n) is 21.4. The fourth-order valence-electron chi connectivity index (χ4n) is 10.8. The van der Waals surface area contributed by atoms with Crippen molar-refractivity contribution in [1.29, 1.82) is 0 Å². The molecule has 3 heteroatoms. The molecule has 3 nitrogen and oxygen atoms in total. The first-order valence-corrected chi connectivity index (χ1v) is 21.4. The lowest BCUT2D eigenvalue weighted by molar-refractivity contribution is 0.633. The molecule has 1 aliphatic carbocycles. The second-order valence-corrected chi connectivity index (χ2v) is 17.7. The number of fused-ring (bicyclic) bond motifs is 9. The zero-order valence-electron chi connectivity index (χ0n) is 34.8. The van der Waals surface area contributed by atoms with Gasteiger partial charge in [-0.2, -0.15) is 0 Å². The van der Waals surface area contributed by atoms with Crippen LogP contribution in [0.5, 0.6) is 0 Å². The van der Waals surface area contributed by atoms with Crippen LogP contribution in [-0.2, 0) is 10.8 Å². The predicted octanol–water partition coefficient (Wildman–Crippen LogP) is 16.3. The average Bonchev–Trinajstić information content (AvgIpc) is 3.79. The molecule has 61 heavy (non-hydrogen) atoms. The molecule has 0 radical (unpaired) electrons. The van der Waals surface area contributed by atoms with E-state index in [9.17, 15) is 0 Å². The lowest BCUT2D eigenvalue weighted by atomic mass is 9.70. The normalized spacial score (nSPS) is 14.5. The van der Waals surface area contributed by atoms with Gasteiger partial charge in [0, 0.05) is 43.9 Å². The molecule has 9 aromatic carbocycles. The van der Waals surface area contributed by atoms with Crippen LogP contribution >= 0.6 is 0 Å². The van der Waals surface area contributed by atoms with E-state index in [0.717, 1.165) is 55.9 Å². The van der Waals surface area contributed by atoms with Crippen LogP contribution in [0, 0.1) is 0 Å². The van der Waals surface area contributed by atoms with Gasteiger partial charge in [0.1, 0.15) is 11.2 Å². The molecule has 0 amide bonds. The highest BCUT2D eigenvalue weighted by atomic mass is 16.3. The van der Waals surface area contributed by atoms with Crippen molar-refractivity contribution in [2.24, 2.45) is 0 Å². The molecule has 1 aromatic heterocycles. The van der Waals surface area contributed by atoms with E-state index < -0.39 is 0 Å². The number of hydrogen-bond acceptors (Lipinski definition) is 3. The third-order valence-corrected chi connectivity index (χ3v) is 13.6. The Bertz CT molecular complexity index is 3390. The van der Waals surface area contributed by atoms with Crippen molar-refractivity contribution in [3.63, 3.8) is 0 Å². The van der Waals surface area contributed by atoms with Gasteiger partial charge in [0.2, 0.25) is 0 Å². The van der Waals surface area contributed by atoms with Crippen molar-refractivity contribution in [2.45, 2.75) is 38.5 Å². The number of furan rings is 1. The molecule has 2 aliphatic rings. The Balaban J connectivity index is 1.15. The van der Waals surface area contributed by atoms with Gasteiger partial charge in [-0.15, -0.1) is 0 Å². The Hall–Kier alpha value is -7.36. The standard InChI is InChI=1S/C58H44N2O/c1-57(2)47-27-12-10-22-41(47)42-34-33-39(36-49(42)57)59(38-19-6-5-7-20-38)52-35-32-37-18-8-9-21-40(37)55(52)60-50-29-14-13-28-48(50)58(3,4)54-44(24-17-30-51(54)60)46-26-16-25-45-43-23-11-15-31-53(43)61-56(45)46/h5-36H,1-4H3. The number of para-hydroxylation sites is 4. The Morgan fingerprint density at radius 1 is 0.426 bits per heavy atom. The fraction of sp³-hybridized carbons (Fsp3) is 0.103. The molecule has 0 atom stereocenters. The topological polar surface area (TPSA) is 19.6 Å². The van der Waals surface area contributed by atoms with Crippen molar-refractivity contribution in [2.75, 3.05) is 9.80 Å². The molecule has 292 valence electrons. The van der Waals surface area contributed by atoms with Gasteiger partial charge in [0.25, 0.3) is 0 Å². The summed E-state index contributed by atoms with van der Waals surface area (Å²) in [5.41, 5.74) is 18.3. The van der Waals surface area contributed by atoms with Crippen molar-refractivity contribution in [3.05, 3.63) is 216 Å². The van der Waals surface area contributed by atoms with Crippen molar-refractivity contribution in [3.8, 4) is 22.3 Å². The highest BCUT2D eigenvalue weighted by Crippen LogP contribution is 2.59. The van der Waals surface area contributed by atoms with Gasteiger partial charge in [-0.1, -0.05) is 173 Å². The zero-order valence-corrected chi connectivity index (χ0v) is 34.8. The van der Waals surface area contributed by atoms with Crippen molar-refractivity contribution in [1.82, 2.24) is 0 Å². The van der Waals surface area contributed by atoms with E-state index in [4.69, 9.17) is 4.42 Å². The summed E-state index contributed by atoms with van der Waals surface area (Å²) in [6, 6.07) is 71.2. The second kappa shape index (κ2) is 13.1. The van der Waals surface area contributed by atoms with Gasteiger partial charge < -0.3 is 14.2 Å². The number of rotatable bonds is 5. The molecular formula is C58H44N2O. The quantitative estimate of drug-likeness (QED) is 0.173. The third-order valence-electron chi connectivity index (χ3n) is 13.6. The average molecular weight is 785 g/mol. The minimum absolute atomic E-state index is 0.147. The van der Waals surface area contributed by atoms with Crippen LogP contribution in [0.25, 0.3) is 55.0 Å². The number of benzene rings is 9. The van der Waals surface area contributed by atoms with Crippen LogP contribution in [0.15, 0.2) is 199 Å². The van der Waals surface area contributed by atoms with Gasteiger partial charge >= 0.3 is 0 Å². The Morgan fingerprint density at radius 3 is 1.93 bits per heavy atom. The molecule has 0 fully saturated rings. The molecule has 2 heterocycles. The number of anilines is 6. The summed E-state index contributed by atoms with van der Waals surface area (Å²) >= 11 is 0. The molecule has 0 N–H and O–H groups in total. The molecule has 0 unspecified atom stereocenters. The SMILES string of the molecule is CC1(C)c2ccccc2-c2ccc(N(c3ccccc3)c3ccc4ccccc4c3N3c4ccccc4C(C)(C)c4c(-c5cccc6c5oc5ccccc56)cccc43)cc21. The molecule has 0 bridgehead atoms. The Morgan fingerprint density at radius 2 is 1.07 bits per heavy atom. The van der Waals surface area contributed by atoms with E-state index in [-0.39, 0.29) is 10.8 Å². The van der Waals surface area contributed by atoms with E-state index in [2.05, 4.69) is 232 Å². The summed E-state index contributed by atoms with van der Waals surface area (Å²) < 4.78 is 6.73. The van der Waals surface area contributed by atoms with Crippen molar-refractivity contribution < 1.29 is 4.42 Å². The maximum absolute atomic E-state index is 6.73. The molecule has 0 saturated heterocycles. The van der Waals surface area contributed by atoms with Crippen LogP contribution in [-0.4, -0.2) is 0 Å². The minimum Gasteiger partial charge on any atom is -0.455 e. The summed E-state index contributed by atoms with van der Waals surface area (Å²) in [4.78, 5) is 5.03. The van der Waals surface area contributed by atoms with E-state index in [1.165, 1.54) is 55.4 Å². The van der Waals surface area contributed by atoms with E-state index in [0.29, 0.717) is 0 Å². The third kappa shape index (κ3) is 5.10. The summed E-state index contributed by atoms with van der Waals surface area (Å²) in [5.74, 6) is 0. The number of nitrogens with zero attached hydrogens (tertiary/aromatic N) is 2. The fourth-order valence-corrected chi connectivity index (χ4v) is 10.8. The summed E-state index contributed by atoms with van der Waals surface area (Å²) in [6.45, 7) is 9.49. The van der Waals surface area contributed by atoms with Crippen LogP contribution in [0.4, 0.5) is 34.1 Å². The molecular weight excluding hydrogens is 741 g/mol. The Kier molecular flexibility index (Phi) is 7.62. The highest BCUT2D eigenvalue weighted by Gasteiger charge is 2.41. The molecule has 0 spiro atoms. The number of hydrogen-bond donors (Lipinski definition) is 0. The van der Waals surface area contributed by atoms with Gasteiger partial charge in [-0.05, 0) is 92.9 Å². The largest absolute Gasteiger partial charge is 0.455 e. The first-order chi connectivity index (χ1) is 29.8. The van der Waals surface area contributed by atoms with Gasteiger partial charge in [0.05, 0.1) is 22.7 Å². The van der Waals surface area contributed by atoms with Gasteiger partial charge in [-0.25, -0.2) is 0 Å². The lowest BCUT2D eigenvalue weighted by Crippen LogP contribution is -2.32. The Labute approximate surface area is 356 Å². The van der Waals surface area contributed by atoms with E-state index in [1.807, 2.05) is 0 Å². The summed E-state index contributed by atoms with van der Waals surface area (Å²) in [5, 5.41) is 4.63. The van der Waals surface area contributed by atoms with Crippen LogP contribution < -0.4 is 9.80 Å². The first kappa shape index (κ1) is 35.6. The maximum Gasteiger partial charge on any atom is 0.143 e. The molecule has 12 rings (SSSR count). The lowest BCUT2D eigenvalue weighted by Gasteiger charge is -2.44. The highest BCUT2D eigenvalue weighted by molar-refractivity contribution is 6.12.